The zero-order valence-electron chi connectivity index (χ0n) is 8.98. The van der Waals surface area contributed by atoms with Crippen molar-refractivity contribution in [2.45, 2.75) is 37.4 Å². The average molecular weight is 228 g/mol. The van der Waals surface area contributed by atoms with Gasteiger partial charge in [0.1, 0.15) is 6.04 Å². The number of hydrogen-bond donors (Lipinski definition) is 3. The largest absolute Gasteiger partial charge is 0.480 e. The first-order valence-corrected chi connectivity index (χ1v) is 5.56. The molecule has 0 aromatic heterocycles. The van der Waals surface area contributed by atoms with Crippen LogP contribution in [-0.4, -0.2) is 51.8 Å². The van der Waals surface area contributed by atoms with Crippen molar-refractivity contribution in [3.63, 3.8) is 0 Å². The average Bonchev–Trinajstić information content (AvgIpc) is 2.87. The van der Waals surface area contributed by atoms with E-state index in [1.54, 1.807) is 4.90 Å². The molecule has 3 N–H and O–H groups in total. The SMILES string of the molecule is O=C(O)[C@@H]1CCCN1[C@@]1(C(=O)O)CCCN1. The van der Waals surface area contributed by atoms with Gasteiger partial charge in [-0.25, -0.2) is 4.79 Å². The van der Waals surface area contributed by atoms with Crippen molar-refractivity contribution in [1.29, 1.82) is 0 Å². The molecule has 2 saturated heterocycles. The summed E-state index contributed by atoms with van der Waals surface area (Å²) in [7, 11) is 0. The van der Waals surface area contributed by atoms with Gasteiger partial charge < -0.3 is 10.2 Å². The smallest absolute Gasteiger partial charge is 0.339 e. The molecule has 0 bridgehead atoms. The van der Waals surface area contributed by atoms with E-state index in [2.05, 4.69) is 5.32 Å². The number of carbonyl (C=O) groups is 2. The number of rotatable bonds is 3. The zero-order valence-corrected chi connectivity index (χ0v) is 8.98. The minimum Gasteiger partial charge on any atom is -0.480 e. The molecule has 0 aromatic carbocycles. The van der Waals surface area contributed by atoms with E-state index in [1.165, 1.54) is 0 Å². The Labute approximate surface area is 93.2 Å². The van der Waals surface area contributed by atoms with Crippen molar-refractivity contribution in [1.82, 2.24) is 10.2 Å². The maximum atomic E-state index is 11.4. The molecule has 0 radical (unpaired) electrons. The van der Waals surface area contributed by atoms with Gasteiger partial charge in [0.15, 0.2) is 5.66 Å². The van der Waals surface area contributed by atoms with E-state index < -0.39 is 23.6 Å². The van der Waals surface area contributed by atoms with Crippen LogP contribution in [0.4, 0.5) is 0 Å². The molecular formula is C10H16N2O4. The number of likely N-dealkylation sites (tertiary alicyclic amines) is 1. The van der Waals surface area contributed by atoms with Crippen LogP contribution in [0.25, 0.3) is 0 Å². The minimum atomic E-state index is -1.15. The molecule has 0 aliphatic carbocycles. The number of carboxylic acids is 2. The lowest BCUT2D eigenvalue weighted by Gasteiger charge is -2.37. The molecule has 2 aliphatic heterocycles. The Morgan fingerprint density at radius 2 is 2.06 bits per heavy atom. The summed E-state index contributed by atoms with van der Waals surface area (Å²) in [5, 5.41) is 21.4. The minimum absolute atomic E-state index is 0.478. The lowest BCUT2D eigenvalue weighted by Crippen LogP contribution is -2.63. The number of nitrogens with zero attached hydrogens (tertiary/aromatic N) is 1. The number of nitrogens with one attached hydrogen (secondary N) is 1. The van der Waals surface area contributed by atoms with Gasteiger partial charge in [-0.2, -0.15) is 0 Å². The quantitative estimate of drug-likeness (QED) is 0.614. The van der Waals surface area contributed by atoms with Crippen LogP contribution >= 0.6 is 0 Å². The van der Waals surface area contributed by atoms with E-state index in [4.69, 9.17) is 5.11 Å². The Morgan fingerprint density at radius 1 is 1.31 bits per heavy atom. The van der Waals surface area contributed by atoms with Gasteiger partial charge in [-0.1, -0.05) is 0 Å². The summed E-state index contributed by atoms with van der Waals surface area (Å²) in [5.41, 5.74) is -1.15. The normalized spacial score (nSPS) is 35.4. The predicted molar refractivity (Wildman–Crippen MR) is 55.0 cm³/mol. The van der Waals surface area contributed by atoms with Crippen LogP contribution in [0.1, 0.15) is 25.7 Å². The van der Waals surface area contributed by atoms with E-state index in [0.717, 1.165) is 12.8 Å². The maximum Gasteiger partial charge on any atom is 0.339 e. The van der Waals surface area contributed by atoms with Crippen LogP contribution in [0.15, 0.2) is 0 Å². The number of carboxylic acid groups (broad SMARTS) is 2. The summed E-state index contributed by atoms with van der Waals surface area (Å²) in [4.78, 5) is 24.1. The third-order valence-electron chi connectivity index (χ3n) is 3.51. The van der Waals surface area contributed by atoms with Crippen LogP contribution in [0.2, 0.25) is 0 Å². The second-order valence-corrected chi connectivity index (χ2v) is 4.39. The lowest BCUT2D eigenvalue weighted by atomic mass is 10.0. The summed E-state index contributed by atoms with van der Waals surface area (Å²) in [6, 6.07) is -0.665. The van der Waals surface area contributed by atoms with E-state index in [1.807, 2.05) is 0 Å². The van der Waals surface area contributed by atoms with Crippen LogP contribution < -0.4 is 5.32 Å². The Morgan fingerprint density at radius 3 is 2.56 bits per heavy atom. The summed E-state index contributed by atoms with van der Waals surface area (Å²) >= 11 is 0. The molecule has 0 amide bonds. The van der Waals surface area contributed by atoms with Crippen molar-refractivity contribution in [2.24, 2.45) is 0 Å². The van der Waals surface area contributed by atoms with Gasteiger partial charge in [-0.15, -0.1) is 0 Å². The monoisotopic (exact) mass is 228 g/mol. The second kappa shape index (κ2) is 4.03. The first-order chi connectivity index (χ1) is 7.58. The highest BCUT2D eigenvalue weighted by Crippen LogP contribution is 2.32. The summed E-state index contributed by atoms with van der Waals surface area (Å²) in [6.45, 7) is 1.17. The molecular weight excluding hydrogens is 212 g/mol. The van der Waals surface area contributed by atoms with Crippen molar-refractivity contribution >= 4 is 11.9 Å². The number of aliphatic carboxylic acids is 2. The highest BCUT2D eigenvalue weighted by atomic mass is 16.4. The molecule has 2 heterocycles. The van der Waals surface area contributed by atoms with Crippen LogP contribution in [-0.2, 0) is 9.59 Å². The van der Waals surface area contributed by atoms with Crippen molar-refractivity contribution in [3.8, 4) is 0 Å². The first kappa shape index (κ1) is 11.3. The molecule has 2 atom stereocenters. The second-order valence-electron chi connectivity index (χ2n) is 4.39. The fraction of sp³-hybridized carbons (Fsp3) is 0.800. The van der Waals surface area contributed by atoms with Crippen molar-refractivity contribution in [3.05, 3.63) is 0 Å². The topological polar surface area (TPSA) is 89.9 Å². The molecule has 6 heteroatoms. The number of hydrogen-bond acceptors (Lipinski definition) is 4. The fourth-order valence-electron chi connectivity index (χ4n) is 2.76. The molecule has 0 saturated carbocycles. The van der Waals surface area contributed by atoms with E-state index in [0.29, 0.717) is 25.9 Å². The van der Waals surface area contributed by atoms with Gasteiger partial charge in [0.25, 0.3) is 0 Å². The Kier molecular flexibility index (Phi) is 2.86. The third kappa shape index (κ3) is 1.58. The van der Waals surface area contributed by atoms with E-state index in [-0.39, 0.29) is 0 Å². The highest BCUT2D eigenvalue weighted by Gasteiger charge is 2.52. The van der Waals surface area contributed by atoms with Crippen LogP contribution in [0.5, 0.6) is 0 Å². The highest BCUT2D eigenvalue weighted by molar-refractivity contribution is 5.81. The van der Waals surface area contributed by atoms with Gasteiger partial charge in [0.05, 0.1) is 0 Å². The van der Waals surface area contributed by atoms with Gasteiger partial charge in [0, 0.05) is 6.54 Å². The van der Waals surface area contributed by atoms with Crippen molar-refractivity contribution in [2.75, 3.05) is 13.1 Å². The molecule has 2 fully saturated rings. The Hall–Kier alpha value is -1.14. The lowest BCUT2D eigenvalue weighted by molar-refractivity contribution is -0.158. The Bertz CT molecular complexity index is 312. The standard InChI is InChI=1S/C10H16N2O4/c13-8(14)7-3-1-6-12(7)10(9(15)16)4-2-5-11-10/h7,11H,1-6H2,(H,13,14)(H,15,16)/t7-,10+/m0/s1. The first-order valence-electron chi connectivity index (χ1n) is 5.56. The summed E-state index contributed by atoms with van der Waals surface area (Å²) in [6.07, 6.45) is 2.53. The van der Waals surface area contributed by atoms with Gasteiger partial charge >= 0.3 is 11.9 Å². The van der Waals surface area contributed by atoms with Gasteiger partial charge in [-0.05, 0) is 32.2 Å². The predicted octanol–water partition coefficient (Wildman–Crippen LogP) is -0.300. The van der Waals surface area contributed by atoms with Gasteiger partial charge in [0.2, 0.25) is 0 Å². The summed E-state index contributed by atoms with van der Waals surface area (Å²) < 4.78 is 0. The summed E-state index contributed by atoms with van der Waals surface area (Å²) in [5.74, 6) is -1.88. The molecule has 0 aromatic rings. The van der Waals surface area contributed by atoms with Gasteiger partial charge in [-0.3, -0.25) is 15.0 Å². The molecule has 0 unspecified atom stereocenters. The fourth-order valence-corrected chi connectivity index (χ4v) is 2.76. The molecule has 0 spiro atoms. The third-order valence-corrected chi connectivity index (χ3v) is 3.51. The van der Waals surface area contributed by atoms with E-state index in [9.17, 15) is 14.7 Å². The molecule has 2 aliphatic rings. The molecule has 2 rings (SSSR count). The maximum absolute atomic E-state index is 11.4. The molecule has 6 nitrogen and oxygen atoms in total. The van der Waals surface area contributed by atoms with Crippen LogP contribution in [0.3, 0.4) is 0 Å². The van der Waals surface area contributed by atoms with E-state index >= 15 is 0 Å². The van der Waals surface area contributed by atoms with Crippen LogP contribution in [0, 0.1) is 0 Å². The zero-order chi connectivity index (χ0) is 11.8. The van der Waals surface area contributed by atoms with Crippen molar-refractivity contribution < 1.29 is 19.8 Å². The molecule has 90 valence electrons. The molecule has 16 heavy (non-hydrogen) atoms. The Balaban J connectivity index is 2.26.